The molecule has 3 heterocycles. The highest BCUT2D eigenvalue weighted by Gasteiger charge is 2.21. The van der Waals surface area contributed by atoms with Crippen LogP contribution in [-0.4, -0.2) is 36.8 Å². The predicted molar refractivity (Wildman–Crippen MR) is 114 cm³/mol. The number of halogens is 1. The third-order valence-electron chi connectivity index (χ3n) is 5.27. The Morgan fingerprint density at radius 1 is 1.17 bits per heavy atom. The van der Waals surface area contributed by atoms with Crippen LogP contribution in [0.4, 0.5) is 11.4 Å². The van der Waals surface area contributed by atoms with Gasteiger partial charge in [-0.2, -0.15) is 0 Å². The lowest BCUT2D eigenvalue weighted by Crippen LogP contribution is -2.37. The molecule has 0 bridgehead atoms. The molecule has 0 saturated carbocycles. The number of hydrogen-bond acceptors (Lipinski definition) is 4. The highest BCUT2D eigenvalue weighted by Crippen LogP contribution is 2.35. The van der Waals surface area contributed by atoms with Crippen molar-refractivity contribution in [3.05, 3.63) is 70.4 Å². The van der Waals surface area contributed by atoms with Gasteiger partial charge in [-0.15, -0.1) is 0 Å². The van der Waals surface area contributed by atoms with E-state index in [4.69, 9.17) is 20.8 Å². The van der Waals surface area contributed by atoms with Crippen molar-refractivity contribution >= 4 is 28.9 Å². The maximum Gasteiger partial charge on any atom is 0.257 e. The van der Waals surface area contributed by atoms with Crippen molar-refractivity contribution in [3.63, 3.8) is 0 Å². The molecule has 4 rings (SSSR count). The van der Waals surface area contributed by atoms with Gasteiger partial charge in [-0.3, -0.25) is 4.79 Å². The van der Waals surface area contributed by atoms with Crippen molar-refractivity contribution in [2.75, 3.05) is 36.5 Å². The zero-order valence-electron chi connectivity index (χ0n) is 16.6. The first-order valence-electron chi connectivity index (χ1n) is 9.66. The molecule has 3 aromatic rings. The molecule has 1 aliphatic heterocycles. The molecule has 1 fully saturated rings. The van der Waals surface area contributed by atoms with Crippen LogP contribution in [0.25, 0.3) is 0 Å². The fourth-order valence-corrected chi connectivity index (χ4v) is 4.04. The molecule has 0 radical (unpaired) electrons. The van der Waals surface area contributed by atoms with E-state index in [0.717, 1.165) is 35.9 Å². The molecule has 1 saturated heterocycles. The molecule has 152 valence electrons. The van der Waals surface area contributed by atoms with Crippen molar-refractivity contribution < 1.29 is 13.9 Å². The Kier molecular flexibility index (Phi) is 5.65. The number of ether oxygens (including phenoxy) is 1. The lowest BCUT2D eigenvalue weighted by molar-refractivity contribution is 0.102. The van der Waals surface area contributed by atoms with Crippen LogP contribution in [0.15, 0.2) is 47.1 Å². The maximum atomic E-state index is 13.1. The van der Waals surface area contributed by atoms with E-state index in [1.165, 1.54) is 0 Å². The summed E-state index contributed by atoms with van der Waals surface area (Å²) in [7, 11) is 0. The molecule has 7 heteroatoms. The predicted octanol–water partition coefficient (Wildman–Crippen LogP) is 4.49. The summed E-state index contributed by atoms with van der Waals surface area (Å²) >= 11 is 6.48. The number of carbonyl (C=O) groups excluding carboxylic acids is 1. The van der Waals surface area contributed by atoms with Crippen molar-refractivity contribution in [1.82, 2.24) is 4.57 Å². The van der Waals surface area contributed by atoms with Crippen molar-refractivity contribution in [2.45, 2.75) is 20.4 Å². The number of rotatable bonds is 5. The normalized spacial score (nSPS) is 14.2. The van der Waals surface area contributed by atoms with Crippen molar-refractivity contribution in [3.8, 4) is 0 Å². The van der Waals surface area contributed by atoms with Gasteiger partial charge in [0.25, 0.3) is 5.91 Å². The maximum absolute atomic E-state index is 13.1. The zero-order chi connectivity index (χ0) is 20.4. The molecule has 0 spiro atoms. The molecule has 1 aromatic carbocycles. The Morgan fingerprint density at radius 2 is 1.97 bits per heavy atom. The van der Waals surface area contributed by atoms with Crippen molar-refractivity contribution in [1.29, 1.82) is 0 Å². The number of hydrogen-bond donors (Lipinski definition) is 1. The van der Waals surface area contributed by atoms with E-state index in [1.54, 1.807) is 6.26 Å². The topological polar surface area (TPSA) is 59.6 Å². The van der Waals surface area contributed by atoms with E-state index in [1.807, 2.05) is 50.2 Å². The van der Waals surface area contributed by atoms with E-state index in [2.05, 4.69) is 14.8 Å². The molecule has 6 nitrogen and oxygen atoms in total. The van der Waals surface area contributed by atoms with Gasteiger partial charge >= 0.3 is 0 Å². The van der Waals surface area contributed by atoms with Gasteiger partial charge in [0.05, 0.1) is 48.0 Å². The highest BCUT2D eigenvalue weighted by atomic mass is 35.5. The number of morpholine rings is 1. The number of para-hydroxylation sites is 1. The number of carbonyl (C=O) groups is 1. The number of amides is 1. The smallest absolute Gasteiger partial charge is 0.257 e. The fraction of sp³-hybridized carbons (Fsp3) is 0.318. The molecular weight excluding hydrogens is 390 g/mol. The third kappa shape index (κ3) is 4.04. The highest BCUT2D eigenvalue weighted by molar-refractivity contribution is 6.34. The molecule has 1 amide bonds. The second-order valence-corrected chi connectivity index (χ2v) is 7.55. The first-order chi connectivity index (χ1) is 14.0. The second-order valence-electron chi connectivity index (χ2n) is 7.14. The minimum absolute atomic E-state index is 0.152. The fourth-order valence-electron chi connectivity index (χ4n) is 3.75. The Morgan fingerprint density at radius 3 is 2.69 bits per heavy atom. The standard InChI is InChI=1S/C22H24ClN3O3/c1-15-13-18(16(2)26(15)14-17-5-4-10-29-17)22(27)24-20-7-3-6-19(23)21(20)25-8-11-28-12-9-25/h3-7,10,13H,8-9,11-12,14H2,1-2H3,(H,24,27). The van der Waals surface area contributed by atoms with E-state index in [9.17, 15) is 4.79 Å². The summed E-state index contributed by atoms with van der Waals surface area (Å²) in [6.07, 6.45) is 1.66. The van der Waals surface area contributed by atoms with Crippen LogP contribution in [0, 0.1) is 13.8 Å². The molecule has 2 aromatic heterocycles. The minimum atomic E-state index is -0.152. The molecule has 0 atom stereocenters. The monoisotopic (exact) mass is 413 g/mol. The van der Waals surface area contributed by atoms with Crippen LogP contribution >= 0.6 is 11.6 Å². The first kappa shape index (κ1) is 19.6. The lowest BCUT2D eigenvalue weighted by Gasteiger charge is -2.31. The molecular formula is C22H24ClN3O3. The van der Waals surface area contributed by atoms with Crippen molar-refractivity contribution in [2.24, 2.45) is 0 Å². The van der Waals surface area contributed by atoms with Gasteiger partial charge < -0.3 is 23.9 Å². The van der Waals surface area contributed by atoms with Gasteiger partial charge in [0.2, 0.25) is 0 Å². The van der Waals surface area contributed by atoms with Gasteiger partial charge in [0.1, 0.15) is 5.76 Å². The lowest BCUT2D eigenvalue weighted by atomic mass is 10.2. The number of aromatic nitrogens is 1. The zero-order valence-corrected chi connectivity index (χ0v) is 17.3. The molecule has 0 unspecified atom stereocenters. The van der Waals surface area contributed by atoms with Gasteiger partial charge in [0, 0.05) is 24.5 Å². The van der Waals surface area contributed by atoms with Crippen LogP contribution in [0.5, 0.6) is 0 Å². The summed E-state index contributed by atoms with van der Waals surface area (Å²) in [5.74, 6) is 0.698. The number of furan rings is 1. The molecule has 1 aliphatic rings. The quantitative estimate of drug-likeness (QED) is 0.669. The first-order valence-corrected chi connectivity index (χ1v) is 10.0. The van der Waals surface area contributed by atoms with Gasteiger partial charge in [-0.25, -0.2) is 0 Å². The Balaban J connectivity index is 1.60. The Bertz CT molecular complexity index is 1000. The number of nitrogens with zero attached hydrogens (tertiary/aromatic N) is 2. The summed E-state index contributed by atoms with van der Waals surface area (Å²) in [5, 5.41) is 3.68. The van der Waals surface area contributed by atoms with Crippen LogP contribution < -0.4 is 10.2 Å². The third-order valence-corrected chi connectivity index (χ3v) is 5.58. The average Bonchev–Trinajstić information content (AvgIpc) is 3.32. The summed E-state index contributed by atoms with van der Waals surface area (Å²) in [6.45, 7) is 7.30. The number of benzene rings is 1. The largest absolute Gasteiger partial charge is 0.467 e. The van der Waals surface area contributed by atoms with Crippen LogP contribution in [0.1, 0.15) is 27.5 Å². The van der Waals surface area contributed by atoms with Crippen LogP contribution in [-0.2, 0) is 11.3 Å². The molecule has 1 N–H and O–H groups in total. The molecule has 0 aliphatic carbocycles. The number of nitrogens with one attached hydrogen (secondary N) is 1. The van der Waals surface area contributed by atoms with E-state index in [-0.39, 0.29) is 5.91 Å². The summed E-state index contributed by atoms with van der Waals surface area (Å²) < 4.78 is 13.0. The minimum Gasteiger partial charge on any atom is -0.467 e. The Labute approximate surface area is 175 Å². The van der Waals surface area contributed by atoms with Gasteiger partial charge in [-0.1, -0.05) is 17.7 Å². The van der Waals surface area contributed by atoms with Gasteiger partial charge in [-0.05, 0) is 44.2 Å². The summed E-state index contributed by atoms with van der Waals surface area (Å²) in [6, 6.07) is 11.3. The van der Waals surface area contributed by atoms with Crippen LogP contribution in [0.3, 0.4) is 0 Å². The molecule has 29 heavy (non-hydrogen) atoms. The Hall–Kier alpha value is -2.70. The number of anilines is 2. The van der Waals surface area contributed by atoms with E-state index >= 15 is 0 Å². The summed E-state index contributed by atoms with van der Waals surface area (Å²) in [5.41, 5.74) is 4.09. The van der Waals surface area contributed by atoms with E-state index < -0.39 is 0 Å². The van der Waals surface area contributed by atoms with Gasteiger partial charge in [0.15, 0.2) is 0 Å². The number of aryl methyl sites for hydroxylation is 1. The van der Waals surface area contributed by atoms with Crippen LogP contribution in [0.2, 0.25) is 5.02 Å². The summed E-state index contributed by atoms with van der Waals surface area (Å²) in [4.78, 5) is 15.3. The average molecular weight is 414 g/mol. The SMILES string of the molecule is Cc1cc(C(=O)Nc2cccc(Cl)c2N2CCOCC2)c(C)n1Cc1ccco1. The van der Waals surface area contributed by atoms with E-state index in [0.29, 0.717) is 36.0 Å². The second kappa shape index (κ2) is 8.35.